The molecule has 0 saturated heterocycles. The number of pyridine rings is 1. The van der Waals surface area contributed by atoms with Crippen LogP contribution in [-0.4, -0.2) is 28.6 Å². The number of hydroxylamine groups is 1. The topological polar surface area (TPSA) is 101 Å². The van der Waals surface area contributed by atoms with Crippen molar-refractivity contribution in [3.63, 3.8) is 0 Å². The van der Waals surface area contributed by atoms with Gasteiger partial charge in [0.15, 0.2) is 0 Å². The van der Waals surface area contributed by atoms with Gasteiger partial charge in [-0.3, -0.25) is 19.8 Å². The number of carbonyl (C=O) groups excluding carboxylic acids is 2. The Morgan fingerprint density at radius 2 is 1.79 bits per heavy atom. The third-order valence-electron chi connectivity index (χ3n) is 6.22. The maximum Gasteiger partial charge on any atom is 0.255 e. The number of carbonyl (C=O) groups is 2. The Hall–Kier alpha value is -3.42. The molecule has 8 heteroatoms. The number of anilines is 1. The summed E-state index contributed by atoms with van der Waals surface area (Å²) in [6, 6.07) is 17.6. The number of nitrogens with zero attached hydrogens (tertiary/aromatic N) is 1. The molecule has 34 heavy (non-hydrogen) atoms. The van der Waals surface area contributed by atoms with Gasteiger partial charge < -0.3 is 10.1 Å². The quantitative estimate of drug-likeness (QED) is 0.287. The van der Waals surface area contributed by atoms with Crippen LogP contribution in [0, 0.1) is 10.8 Å². The second-order valence-electron chi connectivity index (χ2n) is 9.13. The van der Waals surface area contributed by atoms with Crippen molar-refractivity contribution in [2.24, 2.45) is 10.8 Å². The first-order valence-electron chi connectivity index (χ1n) is 10.7. The fourth-order valence-corrected chi connectivity index (χ4v) is 3.36. The molecule has 0 fully saturated rings. The lowest BCUT2D eigenvalue weighted by Crippen LogP contribution is -2.48. The number of ether oxygens (including phenoxy) is 1. The smallest absolute Gasteiger partial charge is 0.255 e. The number of halogens is 1. The number of nitrogens with one attached hydrogen (secondary N) is 2. The number of amides is 2. The summed E-state index contributed by atoms with van der Waals surface area (Å²) in [6.07, 6.45) is 1.68. The summed E-state index contributed by atoms with van der Waals surface area (Å²) in [7, 11) is 0. The van der Waals surface area contributed by atoms with Crippen LogP contribution in [0.15, 0.2) is 66.9 Å². The summed E-state index contributed by atoms with van der Waals surface area (Å²) in [4.78, 5) is 29.3. The molecule has 178 valence electrons. The molecule has 7 nitrogen and oxygen atoms in total. The van der Waals surface area contributed by atoms with Gasteiger partial charge in [0.25, 0.3) is 5.91 Å². The highest BCUT2D eigenvalue weighted by molar-refractivity contribution is 6.33. The van der Waals surface area contributed by atoms with Crippen molar-refractivity contribution in [3.8, 4) is 17.0 Å². The molecule has 3 aromatic rings. The molecule has 2 aromatic carbocycles. The summed E-state index contributed by atoms with van der Waals surface area (Å²) in [5.74, 6) is -0.313. The summed E-state index contributed by atoms with van der Waals surface area (Å²) in [5, 5.41) is 12.5. The molecule has 0 bridgehead atoms. The fraction of sp³-hybridized carbons (Fsp3) is 0.269. The van der Waals surface area contributed by atoms with Gasteiger partial charge in [0.2, 0.25) is 5.91 Å². The molecule has 3 rings (SSSR count). The van der Waals surface area contributed by atoms with Crippen molar-refractivity contribution in [2.45, 2.75) is 27.7 Å². The Balaban J connectivity index is 1.73. The Morgan fingerprint density at radius 1 is 1.03 bits per heavy atom. The number of aromatic nitrogens is 1. The van der Waals surface area contributed by atoms with Crippen LogP contribution < -0.4 is 15.5 Å². The highest BCUT2D eigenvalue weighted by atomic mass is 35.5. The van der Waals surface area contributed by atoms with E-state index in [1.54, 1.807) is 68.0 Å². The van der Waals surface area contributed by atoms with Gasteiger partial charge in [0.1, 0.15) is 5.75 Å². The molecule has 2 amide bonds. The molecule has 1 heterocycles. The Kier molecular flexibility index (Phi) is 7.59. The highest BCUT2D eigenvalue weighted by Crippen LogP contribution is 2.39. The van der Waals surface area contributed by atoms with E-state index in [0.29, 0.717) is 33.3 Å². The number of rotatable bonds is 8. The van der Waals surface area contributed by atoms with Gasteiger partial charge >= 0.3 is 0 Å². The number of hydrogen-bond donors (Lipinski definition) is 3. The van der Waals surface area contributed by atoms with Crippen LogP contribution in [0.5, 0.6) is 5.75 Å². The normalized spacial score (nSPS) is 11.6. The van der Waals surface area contributed by atoms with Crippen molar-refractivity contribution < 1.29 is 19.5 Å². The Bertz CT molecular complexity index is 1180. The average Bonchev–Trinajstić information content (AvgIpc) is 2.84. The lowest BCUT2D eigenvalue weighted by molar-refractivity contribution is -0.145. The van der Waals surface area contributed by atoms with E-state index >= 15 is 0 Å². The van der Waals surface area contributed by atoms with Crippen LogP contribution in [0.1, 0.15) is 38.1 Å². The number of benzene rings is 2. The minimum atomic E-state index is -0.892. The van der Waals surface area contributed by atoms with Crippen molar-refractivity contribution in [2.75, 3.05) is 11.9 Å². The van der Waals surface area contributed by atoms with E-state index in [-0.39, 0.29) is 12.5 Å². The predicted molar refractivity (Wildman–Crippen MR) is 132 cm³/mol. The van der Waals surface area contributed by atoms with E-state index in [9.17, 15) is 9.59 Å². The maximum absolute atomic E-state index is 12.9. The zero-order valence-corrected chi connectivity index (χ0v) is 20.3. The molecule has 0 saturated carbocycles. The third kappa shape index (κ3) is 5.55. The Labute approximate surface area is 204 Å². The van der Waals surface area contributed by atoms with Gasteiger partial charge in [-0.2, -0.15) is 0 Å². The van der Waals surface area contributed by atoms with Crippen LogP contribution in [0.2, 0.25) is 5.02 Å². The van der Waals surface area contributed by atoms with E-state index in [1.807, 2.05) is 32.0 Å². The monoisotopic (exact) mass is 481 g/mol. The fourth-order valence-electron chi connectivity index (χ4n) is 3.14. The van der Waals surface area contributed by atoms with Crippen LogP contribution in [0.4, 0.5) is 5.69 Å². The van der Waals surface area contributed by atoms with E-state index < -0.39 is 16.7 Å². The molecule has 3 N–H and O–H groups in total. The van der Waals surface area contributed by atoms with E-state index in [0.717, 1.165) is 0 Å². The van der Waals surface area contributed by atoms with E-state index in [2.05, 4.69) is 10.3 Å². The number of hydrogen-bond acceptors (Lipinski definition) is 5. The molecule has 0 unspecified atom stereocenters. The zero-order valence-electron chi connectivity index (χ0n) is 19.6. The van der Waals surface area contributed by atoms with Gasteiger partial charge in [-0.1, -0.05) is 51.4 Å². The molecule has 0 aliphatic heterocycles. The average molecular weight is 482 g/mol. The minimum absolute atomic E-state index is 0.198. The van der Waals surface area contributed by atoms with Crippen LogP contribution >= 0.6 is 11.6 Å². The first kappa shape index (κ1) is 25.2. The van der Waals surface area contributed by atoms with Crippen molar-refractivity contribution in [3.05, 3.63) is 77.4 Å². The van der Waals surface area contributed by atoms with E-state index in [1.165, 1.54) is 0 Å². The van der Waals surface area contributed by atoms with Gasteiger partial charge in [0, 0.05) is 28.4 Å². The van der Waals surface area contributed by atoms with Crippen LogP contribution in [0.25, 0.3) is 11.3 Å². The molecule has 0 radical (unpaired) electrons. The standard InChI is InChI=1S/C26H28ClN3O4/c1-25(2,26(3,4)24(32)30-33)16-34-19-9-7-8-17(14-19)23(31)29-18-11-12-21(27)20(15-18)22-10-5-6-13-28-22/h5-15,33H,16H2,1-4H3,(H,29,31)(H,30,32). The molecule has 0 atom stereocenters. The van der Waals surface area contributed by atoms with Gasteiger partial charge in [-0.05, 0) is 48.5 Å². The highest BCUT2D eigenvalue weighted by Gasteiger charge is 2.43. The summed E-state index contributed by atoms with van der Waals surface area (Å²) >= 11 is 6.33. The third-order valence-corrected chi connectivity index (χ3v) is 6.55. The molecule has 0 aliphatic carbocycles. The van der Waals surface area contributed by atoms with Gasteiger partial charge in [0.05, 0.1) is 22.7 Å². The second kappa shape index (κ2) is 10.2. The minimum Gasteiger partial charge on any atom is -0.493 e. The largest absolute Gasteiger partial charge is 0.493 e. The summed E-state index contributed by atoms with van der Waals surface area (Å²) < 4.78 is 5.92. The Morgan fingerprint density at radius 3 is 2.47 bits per heavy atom. The van der Waals surface area contributed by atoms with Gasteiger partial charge in [-0.25, -0.2) is 5.48 Å². The van der Waals surface area contributed by atoms with Gasteiger partial charge in [-0.15, -0.1) is 0 Å². The zero-order chi connectivity index (χ0) is 24.9. The molecule has 0 spiro atoms. The first-order chi connectivity index (χ1) is 16.0. The van der Waals surface area contributed by atoms with Crippen molar-refractivity contribution in [1.82, 2.24) is 10.5 Å². The van der Waals surface area contributed by atoms with Crippen molar-refractivity contribution >= 4 is 29.1 Å². The SMILES string of the molecule is CC(C)(COc1cccc(C(=O)Nc2ccc(Cl)c(-c3ccccn3)c2)c1)C(C)(C)C(=O)NO. The second-order valence-corrected chi connectivity index (χ2v) is 9.54. The lowest BCUT2D eigenvalue weighted by atomic mass is 9.68. The molecular weight excluding hydrogens is 454 g/mol. The lowest BCUT2D eigenvalue weighted by Gasteiger charge is -2.39. The predicted octanol–water partition coefficient (Wildman–Crippen LogP) is 5.59. The van der Waals surface area contributed by atoms with Crippen LogP contribution in [0.3, 0.4) is 0 Å². The molecule has 0 aliphatic rings. The maximum atomic E-state index is 12.9. The van der Waals surface area contributed by atoms with E-state index in [4.69, 9.17) is 21.5 Å². The van der Waals surface area contributed by atoms with Crippen LogP contribution in [-0.2, 0) is 4.79 Å². The first-order valence-corrected chi connectivity index (χ1v) is 11.1. The molecular formula is C26H28ClN3O4. The molecule has 1 aromatic heterocycles. The summed E-state index contributed by atoms with van der Waals surface area (Å²) in [5.41, 5.74) is 2.64. The summed E-state index contributed by atoms with van der Waals surface area (Å²) in [6.45, 7) is 7.41. The van der Waals surface area contributed by atoms with Crippen molar-refractivity contribution in [1.29, 1.82) is 0 Å².